The van der Waals surface area contributed by atoms with Crippen LogP contribution >= 0.6 is 12.2 Å². The van der Waals surface area contributed by atoms with Gasteiger partial charge >= 0.3 is 6.09 Å². The van der Waals surface area contributed by atoms with E-state index in [-0.39, 0.29) is 17.9 Å². The number of nitrogens with one attached hydrogen (secondary N) is 2. The molecule has 1 saturated carbocycles. The fraction of sp³-hybridized carbons (Fsp3) is 0.778. The first-order chi connectivity index (χ1) is 7.18. The summed E-state index contributed by atoms with van der Waals surface area (Å²) in [6.45, 7) is 0.0217. The molecule has 1 aliphatic carbocycles. The van der Waals surface area contributed by atoms with E-state index in [1.165, 1.54) is 19.3 Å². The van der Waals surface area contributed by atoms with Crippen LogP contribution in [0.4, 0.5) is 4.79 Å². The Hall–Kier alpha value is -1.04. The Morgan fingerprint density at radius 2 is 2.07 bits per heavy atom. The number of hydrogen-bond donors (Lipinski definition) is 3. The molecule has 0 spiro atoms. The van der Waals surface area contributed by atoms with Crippen molar-refractivity contribution in [2.75, 3.05) is 6.73 Å². The van der Waals surface area contributed by atoms with Crippen LogP contribution in [0, 0.1) is 0 Å². The van der Waals surface area contributed by atoms with Gasteiger partial charge in [0.05, 0.1) is 0 Å². The fourth-order valence-electron chi connectivity index (χ4n) is 1.63. The predicted molar refractivity (Wildman–Crippen MR) is 61.3 cm³/mol. The third kappa shape index (κ3) is 5.41. The van der Waals surface area contributed by atoms with Crippen LogP contribution in [0.2, 0.25) is 0 Å². The molecule has 0 aromatic carbocycles. The first kappa shape index (κ1) is 12.0. The number of nitrogens with two attached hydrogens (primary N) is 1. The van der Waals surface area contributed by atoms with Gasteiger partial charge in [-0.15, -0.1) is 0 Å². The molecule has 0 heterocycles. The quantitative estimate of drug-likeness (QED) is 0.495. The molecule has 0 aromatic rings. The van der Waals surface area contributed by atoms with E-state index in [9.17, 15) is 4.79 Å². The van der Waals surface area contributed by atoms with Crippen LogP contribution in [0.15, 0.2) is 0 Å². The van der Waals surface area contributed by atoms with E-state index in [0.29, 0.717) is 0 Å². The summed E-state index contributed by atoms with van der Waals surface area (Å²) >= 11 is 4.56. The number of hydrogen-bond acceptors (Lipinski definition) is 3. The van der Waals surface area contributed by atoms with Crippen molar-refractivity contribution in [1.82, 2.24) is 10.6 Å². The van der Waals surface area contributed by atoms with Gasteiger partial charge < -0.3 is 21.1 Å². The summed E-state index contributed by atoms with van der Waals surface area (Å²) < 4.78 is 4.83. The zero-order valence-corrected chi connectivity index (χ0v) is 9.44. The van der Waals surface area contributed by atoms with E-state index < -0.39 is 6.09 Å². The third-order valence-corrected chi connectivity index (χ3v) is 2.52. The normalized spacial score (nSPS) is 16.8. The molecule has 1 aliphatic rings. The Morgan fingerprint density at radius 3 is 2.67 bits per heavy atom. The summed E-state index contributed by atoms with van der Waals surface area (Å²) in [7, 11) is 0. The van der Waals surface area contributed by atoms with Crippen molar-refractivity contribution < 1.29 is 9.53 Å². The molecule has 0 radical (unpaired) electrons. The standard InChI is InChI=1S/C9H17N3O2S/c10-8(15)11-6-14-9(13)12-7-4-2-1-3-5-7/h7H,1-6H2,(H,12,13)(H3,10,11,15). The minimum absolute atomic E-state index is 0.0217. The summed E-state index contributed by atoms with van der Waals surface area (Å²) in [5.74, 6) is 0. The summed E-state index contributed by atoms with van der Waals surface area (Å²) in [6.07, 6.45) is 5.28. The lowest BCUT2D eigenvalue weighted by atomic mass is 9.96. The molecule has 6 heteroatoms. The maximum absolute atomic E-state index is 11.2. The second-order valence-corrected chi connectivity index (χ2v) is 4.04. The summed E-state index contributed by atoms with van der Waals surface area (Å²) in [5.41, 5.74) is 5.17. The van der Waals surface area contributed by atoms with E-state index >= 15 is 0 Å². The molecule has 0 atom stereocenters. The number of alkyl carbamates (subject to hydrolysis) is 1. The zero-order chi connectivity index (χ0) is 11.1. The van der Waals surface area contributed by atoms with Gasteiger partial charge in [-0.2, -0.15) is 0 Å². The van der Waals surface area contributed by atoms with Crippen molar-refractivity contribution in [3.8, 4) is 0 Å². The van der Waals surface area contributed by atoms with E-state index in [1.54, 1.807) is 0 Å². The number of thiocarbonyl (C=S) groups is 1. The summed E-state index contributed by atoms with van der Waals surface area (Å²) in [6, 6.07) is 0.260. The first-order valence-corrected chi connectivity index (χ1v) is 5.56. The second-order valence-electron chi connectivity index (χ2n) is 3.60. The predicted octanol–water partition coefficient (Wildman–Crippen LogP) is 0.836. The molecule has 5 nitrogen and oxygen atoms in total. The SMILES string of the molecule is NC(=S)NCOC(=O)NC1CCCCC1. The van der Waals surface area contributed by atoms with Gasteiger partial charge in [-0.1, -0.05) is 19.3 Å². The highest BCUT2D eigenvalue weighted by Gasteiger charge is 2.15. The van der Waals surface area contributed by atoms with Gasteiger partial charge in [-0.3, -0.25) is 0 Å². The number of amides is 1. The van der Waals surface area contributed by atoms with Crippen molar-refractivity contribution in [2.24, 2.45) is 5.73 Å². The molecule has 4 N–H and O–H groups in total. The van der Waals surface area contributed by atoms with Gasteiger partial charge in [0.25, 0.3) is 0 Å². The van der Waals surface area contributed by atoms with Crippen molar-refractivity contribution in [3.63, 3.8) is 0 Å². The molecule has 0 saturated heterocycles. The molecule has 0 aliphatic heterocycles. The maximum Gasteiger partial charge on any atom is 0.409 e. The summed E-state index contributed by atoms with van der Waals surface area (Å²) in [4.78, 5) is 11.2. The number of ether oxygens (including phenoxy) is 1. The topological polar surface area (TPSA) is 76.4 Å². The lowest BCUT2D eigenvalue weighted by Crippen LogP contribution is -2.39. The smallest absolute Gasteiger partial charge is 0.409 e. The van der Waals surface area contributed by atoms with Gasteiger partial charge in [-0.25, -0.2) is 4.79 Å². The summed E-state index contributed by atoms with van der Waals surface area (Å²) in [5, 5.41) is 5.47. The molecule has 0 bridgehead atoms. The molecular formula is C9H17N3O2S. The molecule has 0 unspecified atom stereocenters. The molecular weight excluding hydrogens is 214 g/mol. The Kier molecular flexibility index (Phi) is 5.17. The van der Waals surface area contributed by atoms with Crippen LogP contribution in [-0.4, -0.2) is 24.0 Å². The lowest BCUT2D eigenvalue weighted by Gasteiger charge is -2.22. The van der Waals surface area contributed by atoms with E-state index in [2.05, 4.69) is 22.9 Å². The molecule has 0 aromatic heterocycles. The van der Waals surface area contributed by atoms with Crippen LogP contribution in [0.3, 0.4) is 0 Å². The average Bonchev–Trinajstić information content (AvgIpc) is 2.18. The highest BCUT2D eigenvalue weighted by Crippen LogP contribution is 2.17. The zero-order valence-electron chi connectivity index (χ0n) is 8.62. The minimum Gasteiger partial charge on any atom is -0.428 e. The van der Waals surface area contributed by atoms with Crippen molar-refractivity contribution in [1.29, 1.82) is 0 Å². The molecule has 86 valence electrons. The largest absolute Gasteiger partial charge is 0.428 e. The number of rotatable bonds is 3. The fourth-order valence-corrected chi connectivity index (χ4v) is 1.69. The van der Waals surface area contributed by atoms with Gasteiger partial charge in [0.1, 0.15) is 0 Å². The van der Waals surface area contributed by atoms with Crippen LogP contribution in [0.1, 0.15) is 32.1 Å². The number of carbonyl (C=O) groups excluding carboxylic acids is 1. The maximum atomic E-state index is 11.2. The van der Waals surface area contributed by atoms with E-state index in [1.807, 2.05) is 0 Å². The van der Waals surface area contributed by atoms with Gasteiger partial charge in [0, 0.05) is 6.04 Å². The minimum atomic E-state index is -0.411. The molecule has 1 fully saturated rings. The Bertz CT molecular complexity index is 229. The Labute approximate surface area is 94.7 Å². The van der Waals surface area contributed by atoms with Crippen molar-refractivity contribution in [2.45, 2.75) is 38.1 Å². The van der Waals surface area contributed by atoms with E-state index in [4.69, 9.17) is 10.5 Å². The Morgan fingerprint density at radius 1 is 1.40 bits per heavy atom. The van der Waals surface area contributed by atoms with Crippen molar-refractivity contribution >= 4 is 23.4 Å². The van der Waals surface area contributed by atoms with Crippen LogP contribution < -0.4 is 16.4 Å². The van der Waals surface area contributed by atoms with Gasteiger partial charge in [0.2, 0.25) is 0 Å². The van der Waals surface area contributed by atoms with Gasteiger partial charge in [-0.05, 0) is 25.1 Å². The Balaban J connectivity index is 2.09. The molecule has 15 heavy (non-hydrogen) atoms. The average molecular weight is 231 g/mol. The monoisotopic (exact) mass is 231 g/mol. The lowest BCUT2D eigenvalue weighted by molar-refractivity contribution is 0.137. The van der Waals surface area contributed by atoms with Gasteiger partial charge in [0.15, 0.2) is 11.8 Å². The first-order valence-electron chi connectivity index (χ1n) is 5.15. The molecule has 1 amide bonds. The van der Waals surface area contributed by atoms with Crippen LogP contribution in [-0.2, 0) is 4.74 Å². The second kappa shape index (κ2) is 6.44. The molecule has 1 rings (SSSR count). The highest BCUT2D eigenvalue weighted by atomic mass is 32.1. The van der Waals surface area contributed by atoms with E-state index in [0.717, 1.165) is 12.8 Å². The van der Waals surface area contributed by atoms with Crippen LogP contribution in [0.5, 0.6) is 0 Å². The number of carbonyl (C=O) groups is 1. The third-order valence-electron chi connectivity index (χ3n) is 2.38. The highest BCUT2D eigenvalue weighted by molar-refractivity contribution is 7.80. The van der Waals surface area contributed by atoms with Crippen molar-refractivity contribution in [3.05, 3.63) is 0 Å². The van der Waals surface area contributed by atoms with Crippen LogP contribution in [0.25, 0.3) is 0 Å².